The molecule has 1 aromatic carbocycles. The molecule has 0 aliphatic rings. The summed E-state index contributed by atoms with van der Waals surface area (Å²) in [6, 6.07) is 6.84. The Labute approximate surface area is 132 Å². The molecule has 0 saturated carbocycles. The van der Waals surface area contributed by atoms with Gasteiger partial charge in [0.15, 0.2) is 0 Å². The summed E-state index contributed by atoms with van der Waals surface area (Å²) >= 11 is 9.18. The molecule has 0 unspecified atom stereocenters. The van der Waals surface area contributed by atoms with E-state index >= 15 is 0 Å². The van der Waals surface area contributed by atoms with Crippen LogP contribution in [0, 0.1) is 0 Å². The van der Waals surface area contributed by atoms with Crippen molar-refractivity contribution in [3.8, 4) is 0 Å². The molecule has 3 nitrogen and oxygen atoms in total. The SMILES string of the molecule is CNc1cc(C(F)(F)F)cc(Nc2ccc(Br)c(Cl)c2)n1. The van der Waals surface area contributed by atoms with Gasteiger partial charge in [0.05, 0.1) is 10.6 Å². The van der Waals surface area contributed by atoms with E-state index in [2.05, 4.69) is 31.5 Å². The molecule has 0 spiro atoms. The first kappa shape index (κ1) is 15.9. The van der Waals surface area contributed by atoms with Crippen LogP contribution in [-0.4, -0.2) is 12.0 Å². The van der Waals surface area contributed by atoms with Crippen LogP contribution in [0.15, 0.2) is 34.8 Å². The van der Waals surface area contributed by atoms with Crippen LogP contribution in [0.4, 0.5) is 30.5 Å². The fourth-order valence-corrected chi connectivity index (χ4v) is 2.04. The predicted octanol–water partition coefficient (Wildman–Crippen LogP) is 5.30. The minimum Gasteiger partial charge on any atom is -0.373 e. The third kappa shape index (κ3) is 4.01. The average molecular weight is 381 g/mol. The molecule has 0 saturated heterocycles. The highest BCUT2D eigenvalue weighted by molar-refractivity contribution is 9.10. The smallest absolute Gasteiger partial charge is 0.373 e. The van der Waals surface area contributed by atoms with Gasteiger partial charge in [-0.1, -0.05) is 11.6 Å². The zero-order chi connectivity index (χ0) is 15.6. The minimum absolute atomic E-state index is 0.0764. The number of nitrogens with zero attached hydrogens (tertiary/aromatic N) is 1. The number of hydrogen-bond donors (Lipinski definition) is 2. The Balaban J connectivity index is 2.36. The van der Waals surface area contributed by atoms with Gasteiger partial charge in [-0.2, -0.15) is 13.2 Å². The van der Waals surface area contributed by atoms with E-state index in [0.29, 0.717) is 15.2 Å². The minimum atomic E-state index is -4.44. The fraction of sp³-hybridized carbons (Fsp3) is 0.154. The van der Waals surface area contributed by atoms with E-state index in [1.807, 2.05) is 0 Å². The van der Waals surface area contributed by atoms with Crippen molar-refractivity contribution in [2.75, 3.05) is 17.7 Å². The van der Waals surface area contributed by atoms with Crippen molar-refractivity contribution in [1.82, 2.24) is 4.98 Å². The van der Waals surface area contributed by atoms with Crippen LogP contribution in [0.25, 0.3) is 0 Å². The van der Waals surface area contributed by atoms with Gasteiger partial charge in [0.1, 0.15) is 11.6 Å². The van der Waals surface area contributed by atoms with E-state index in [0.717, 1.165) is 12.1 Å². The van der Waals surface area contributed by atoms with Gasteiger partial charge in [-0.05, 0) is 46.3 Å². The van der Waals surface area contributed by atoms with E-state index in [1.54, 1.807) is 18.2 Å². The zero-order valence-electron chi connectivity index (χ0n) is 10.7. The molecule has 21 heavy (non-hydrogen) atoms. The van der Waals surface area contributed by atoms with E-state index in [4.69, 9.17) is 11.6 Å². The molecule has 1 heterocycles. The van der Waals surface area contributed by atoms with Crippen molar-refractivity contribution in [3.63, 3.8) is 0 Å². The molecule has 0 fully saturated rings. The van der Waals surface area contributed by atoms with Crippen LogP contribution in [-0.2, 0) is 6.18 Å². The summed E-state index contributed by atoms with van der Waals surface area (Å²) in [5.41, 5.74) is -0.246. The Morgan fingerprint density at radius 1 is 1.14 bits per heavy atom. The third-order valence-electron chi connectivity index (χ3n) is 2.60. The van der Waals surface area contributed by atoms with Gasteiger partial charge in [-0.25, -0.2) is 4.98 Å². The maximum atomic E-state index is 12.8. The number of alkyl halides is 3. The van der Waals surface area contributed by atoms with Crippen LogP contribution in [0.1, 0.15) is 5.56 Å². The molecule has 0 bridgehead atoms. The average Bonchev–Trinajstić information content (AvgIpc) is 2.41. The summed E-state index contributed by atoms with van der Waals surface area (Å²) in [7, 11) is 1.50. The highest BCUT2D eigenvalue weighted by atomic mass is 79.9. The lowest BCUT2D eigenvalue weighted by atomic mass is 10.2. The van der Waals surface area contributed by atoms with Crippen LogP contribution in [0.3, 0.4) is 0 Å². The van der Waals surface area contributed by atoms with Gasteiger partial charge in [0.25, 0.3) is 0 Å². The molecule has 8 heteroatoms. The maximum absolute atomic E-state index is 12.8. The summed E-state index contributed by atoms with van der Waals surface area (Å²) in [5, 5.41) is 5.85. The van der Waals surface area contributed by atoms with Gasteiger partial charge in [0.2, 0.25) is 0 Å². The van der Waals surface area contributed by atoms with Gasteiger partial charge in [0, 0.05) is 17.2 Å². The monoisotopic (exact) mass is 379 g/mol. The number of benzene rings is 1. The number of hydrogen-bond acceptors (Lipinski definition) is 3. The molecular formula is C13H10BrClF3N3. The van der Waals surface area contributed by atoms with Crippen LogP contribution in [0.2, 0.25) is 5.02 Å². The molecule has 2 rings (SSSR count). The molecule has 2 N–H and O–H groups in total. The first-order valence-corrected chi connectivity index (χ1v) is 6.96. The number of aromatic nitrogens is 1. The van der Waals surface area contributed by atoms with Crippen molar-refractivity contribution in [3.05, 3.63) is 45.4 Å². The summed E-state index contributed by atoms with van der Waals surface area (Å²) in [6.45, 7) is 0. The van der Waals surface area contributed by atoms with Crippen molar-refractivity contribution in [2.45, 2.75) is 6.18 Å². The number of nitrogens with one attached hydrogen (secondary N) is 2. The molecule has 0 aliphatic carbocycles. The second-order valence-electron chi connectivity index (χ2n) is 4.13. The van der Waals surface area contributed by atoms with Crippen LogP contribution in [0.5, 0.6) is 0 Å². The second kappa shape index (κ2) is 6.11. The molecule has 0 aliphatic heterocycles. The maximum Gasteiger partial charge on any atom is 0.416 e. The molecule has 1 aromatic heterocycles. The fourth-order valence-electron chi connectivity index (χ4n) is 1.61. The zero-order valence-corrected chi connectivity index (χ0v) is 13.1. The molecule has 0 atom stereocenters. The van der Waals surface area contributed by atoms with Crippen molar-refractivity contribution in [1.29, 1.82) is 0 Å². The molecule has 112 valence electrons. The highest BCUT2D eigenvalue weighted by Gasteiger charge is 2.31. The quantitative estimate of drug-likeness (QED) is 0.758. The molecule has 2 aromatic rings. The van der Waals surface area contributed by atoms with E-state index in [-0.39, 0.29) is 11.6 Å². The topological polar surface area (TPSA) is 37.0 Å². The lowest BCUT2D eigenvalue weighted by Crippen LogP contribution is -2.08. The lowest BCUT2D eigenvalue weighted by Gasteiger charge is -2.13. The number of rotatable bonds is 3. The Morgan fingerprint density at radius 2 is 1.81 bits per heavy atom. The molecule has 0 radical (unpaired) electrons. The van der Waals surface area contributed by atoms with Crippen molar-refractivity contribution in [2.24, 2.45) is 0 Å². The highest BCUT2D eigenvalue weighted by Crippen LogP contribution is 2.33. The predicted molar refractivity (Wildman–Crippen MR) is 81.2 cm³/mol. The van der Waals surface area contributed by atoms with E-state index < -0.39 is 11.7 Å². The van der Waals surface area contributed by atoms with E-state index in [9.17, 15) is 13.2 Å². The first-order valence-electron chi connectivity index (χ1n) is 5.78. The molecule has 0 amide bonds. The number of pyridine rings is 1. The van der Waals surface area contributed by atoms with Crippen molar-refractivity contribution < 1.29 is 13.2 Å². The Morgan fingerprint density at radius 3 is 2.38 bits per heavy atom. The van der Waals surface area contributed by atoms with Gasteiger partial charge >= 0.3 is 6.18 Å². The Hall–Kier alpha value is -1.47. The Kier molecular flexibility index (Phi) is 4.63. The lowest BCUT2D eigenvalue weighted by molar-refractivity contribution is -0.137. The van der Waals surface area contributed by atoms with E-state index in [1.165, 1.54) is 7.05 Å². The van der Waals surface area contributed by atoms with Gasteiger partial charge < -0.3 is 10.6 Å². The number of anilines is 3. The van der Waals surface area contributed by atoms with Gasteiger partial charge in [-0.15, -0.1) is 0 Å². The first-order chi connectivity index (χ1) is 9.79. The standard InChI is InChI=1S/C13H10BrClF3N3/c1-19-11-4-7(13(16,17)18)5-12(21-11)20-8-2-3-9(14)10(15)6-8/h2-6H,1H3,(H2,19,20,21). The Bertz CT molecular complexity index is 662. The summed E-state index contributed by atoms with van der Waals surface area (Å²) in [4.78, 5) is 4.04. The summed E-state index contributed by atoms with van der Waals surface area (Å²) in [6.07, 6.45) is -4.44. The van der Waals surface area contributed by atoms with Gasteiger partial charge in [-0.3, -0.25) is 0 Å². The normalized spacial score (nSPS) is 11.3. The number of halogens is 5. The molecular weight excluding hydrogens is 371 g/mol. The van der Waals surface area contributed by atoms with Crippen LogP contribution < -0.4 is 10.6 Å². The van der Waals surface area contributed by atoms with Crippen LogP contribution >= 0.6 is 27.5 Å². The van der Waals surface area contributed by atoms with Crippen molar-refractivity contribution >= 4 is 44.9 Å². The summed E-state index contributed by atoms with van der Waals surface area (Å²) < 4.78 is 39.2. The second-order valence-corrected chi connectivity index (χ2v) is 5.39. The summed E-state index contributed by atoms with van der Waals surface area (Å²) in [5.74, 6) is 0.197. The largest absolute Gasteiger partial charge is 0.416 e. The third-order valence-corrected chi connectivity index (χ3v) is 3.83.